The Bertz CT molecular complexity index is 526. The minimum absolute atomic E-state index is 0.308. The predicted molar refractivity (Wildman–Crippen MR) is 55.7 cm³/mol. The van der Waals surface area contributed by atoms with Crippen LogP contribution in [0.3, 0.4) is 0 Å². The van der Waals surface area contributed by atoms with Gasteiger partial charge in [0.25, 0.3) is 0 Å². The summed E-state index contributed by atoms with van der Waals surface area (Å²) in [7, 11) is -3.99. The molecule has 0 heterocycles. The molecule has 0 radical (unpaired) electrons. The summed E-state index contributed by atoms with van der Waals surface area (Å²) in [6.45, 7) is 0. The number of benzene rings is 1. The van der Waals surface area contributed by atoms with Gasteiger partial charge in [-0.05, 0) is 25.0 Å². The van der Waals surface area contributed by atoms with Crippen molar-refractivity contribution in [1.82, 2.24) is 4.72 Å². The highest BCUT2D eigenvalue weighted by Crippen LogP contribution is 2.23. The fourth-order valence-electron chi connectivity index (χ4n) is 1.66. The van der Waals surface area contributed by atoms with Gasteiger partial charge in [-0.15, -0.1) is 0 Å². The first-order chi connectivity index (χ1) is 7.88. The third-order valence-electron chi connectivity index (χ3n) is 2.62. The van der Waals surface area contributed by atoms with Crippen molar-refractivity contribution in [2.75, 3.05) is 0 Å². The summed E-state index contributed by atoms with van der Waals surface area (Å²) in [6, 6.07) is 1.89. The van der Waals surface area contributed by atoms with E-state index in [0.717, 1.165) is 12.1 Å². The number of rotatable bonds is 3. The van der Waals surface area contributed by atoms with Crippen LogP contribution in [0.25, 0.3) is 0 Å². The van der Waals surface area contributed by atoms with Gasteiger partial charge in [-0.3, -0.25) is 0 Å². The zero-order valence-electron chi connectivity index (χ0n) is 8.73. The lowest BCUT2D eigenvalue weighted by molar-refractivity contribution is 0.0712. The van der Waals surface area contributed by atoms with E-state index in [1.165, 1.54) is 0 Å². The van der Waals surface area contributed by atoms with E-state index < -0.39 is 32.7 Å². The van der Waals surface area contributed by atoms with Gasteiger partial charge >= 0.3 is 0 Å². The zero-order valence-corrected chi connectivity index (χ0v) is 9.55. The highest BCUT2D eigenvalue weighted by Gasteiger charge is 2.32. The molecule has 0 bridgehead atoms. The number of hydrogen-bond donors (Lipinski definition) is 2. The normalized spacial score (nSPS) is 24.4. The molecule has 17 heavy (non-hydrogen) atoms. The number of nitrogens with one attached hydrogen (secondary N) is 1. The van der Waals surface area contributed by atoms with E-state index in [4.69, 9.17) is 5.11 Å². The largest absolute Gasteiger partial charge is 0.393 e. The van der Waals surface area contributed by atoms with Crippen LogP contribution in [0.1, 0.15) is 12.8 Å². The van der Waals surface area contributed by atoms with Crippen molar-refractivity contribution >= 4 is 10.0 Å². The first-order valence-electron chi connectivity index (χ1n) is 5.04. The van der Waals surface area contributed by atoms with Crippen LogP contribution in [0.2, 0.25) is 0 Å². The number of halogens is 2. The Balaban J connectivity index is 2.20. The highest BCUT2D eigenvalue weighted by molar-refractivity contribution is 7.89. The van der Waals surface area contributed by atoms with Crippen LogP contribution in [0.4, 0.5) is 8.78 Å². The van der Waals surface area contributed by atoms with Crippen LogP contribution < -0.4 is 4.72 Å². The molecule has 0 spiro atoms. The fourth-order valence-corrected chi connectivity index (χ4v) is 2.98. The molecular formula is C10H11F2NO3S. The maximum absolute atomic E-state index is 13.3. The van der Waals surface area contributed by atoms with Gasteiger partial charge < -0.3 is 5.11 Å². The lowest BCUT2D eigenvalue weighted by Crippen LogP contribution is -2.46. The molecule has 0 aliphatic heterocycles. The average Bonchev–Trinajstić information content (AvgIpc) is 2.14. The fraction of sp³-hybridized carbons (Fsp3) is 0.400. The highest BCUT2D eigenvalue weighted by atomic mass is 32.2. The van der Waals surface area contributed by atoms with Crippen LogP contribution >= 0.6 is 0 Å². The van der Waals surface area contributed by atoms with Gasteiger partial charge in [-0.1, -0.05) is 0 Å². The molecule has 1 aliphatic rings. The Morgan fingerprint density at radius 2 is 1.94 bits per heavy atom. The molecular weight excluding hydrogens is 252 g/mol. The van der Waals surface area contributed by atoms with Gasteiger partial charge in [0.2, 0.25) is 10.0 Å². The van der Waals surface area contributed by atoms with E-state index in [2.05, 4.69) is 4.72 Å². The van der Waals surface area contributed by atoms with Gasteiger partial charge in [0.1, 0.15) is 16.5 Å². The van der Waals surface area contributed by atoms with E-state index in [9.17, 15) is 17.2 Å². The van der Waals surface area contributed by atoms with Crippen LogP contribution in [-0.4, -0.2) is 25.7 Å². The van der Waals surface area contributed by atoms with Crippen LogP contribution in [0.5, 0.6) is 0 Å². The van der Waals surface area contributed by atoms with Gasteiger partial charge in [0.05, 0.1) is 6.10 Å². The summed E-state index contributed by atoms with van der Waals surface area (Å²) in [5.74, 6) is -1.96. The Morgan fingerprint density at radius 1 is 1.29 bits per heavy atom. The summed E-state index contributed by atoms with van der Waals surface area (Å²) in [5.41, 5.74) is 0. The number of aliphatic hydroxyl groups excluding tert-OH is 1. The lowest BCUT2D eigenvalue weighted by Gasteiger charge is -2.31. The van der Waals surface area contributed by atoms with Crippen molar-refractivity contribution in [3.63, 3.8) is 0 Å². The van der Waals surface area contributed by atoms with E-state index in [-0.39, 0.29) is 6.04 Å². The van der Waals surface area contributed by atoms with E-state index >= 15 is 0 Å². The maximum Gasteiger partial charge on any atom is 0.243 e. The molecule has 4 nitrogen and oxygen atoms in total. The molecule has 2 rings (SSSR count). The minimum Gasteiger partial charge on any atom is -0.393 e. The first-order valence-corrected chi connectivity index (χ1v) is 6.52. The molecule has 94 valence electrons. The molecule has 1 aromatic rings. The van der Waals surface area contributed by atoms with Crippen LogP contribution in [0, 0.1) is 11.6 Å². The van der Waals surface area contributed by atoms with Gasteiger partial charge in [-0.2, -0.15) is 0 Å². The van der Waals surface area contributed by atoms with E-state index in [0.29, 0.717) is 18.9 Å². The first kappa shape index (κ1) is 12.4. The quantitative estimate of drug-likeness (QED) is 0.846. The monoisotopic (exact) mass is 263 g/mol. The molecule has 0 atom stereocenters. The van der Waals surface area contributed by atoms with Gasteiger partial charge in [0.15, 0.2) is 0 Å². The standard InChI is InChI=1S/C10H11F2NO3S/c11-6-1-2-10(9(12)3-6)17(15,16)13-7-4-8(14)5-7/h1-3,7-8,13-14H,4-5H2. The van der Waals surface area contributed by atoms with E-state index in [1.807, 2.05) is 0 Å². The SMILES string of the molecule is O=S(=O)(NC1CC(O)C1)c1ccc(F)cc1F. The van der Waals surface area contributed by atoms with Gasteiger partial charge in [-0.25, -0.2) is 21.9 Å². The summed E-state index contributed by atoms with van der Waals surface area (Å²) in [6.07, 6.45) is 0.102. The van der Waals surface area contributed by atoms with Crippen LogP contribution in [-0.2, 0) is 10.0 Å². The van der Waals surface area contributed by atoms with E-state index in [1.54, 1.807) is 0 Å². The molecule has 1 aromatic carbocycles. The number of aliphatic hydroxyl groups is 1. The smallest absolute Gasteiger partial charge is 0.243 e. The second kappa shape index (κ2) is 4.32. The predicted octanol–water partition coefficient (Wildman–Crippen LogP) is 0.766. The minimum atomic E-state index is -3.99. The molecule has 7 heteroatoms. The van der Waals surface area contributed by atoms with Crippen molar-refractivity contribution in [2.45, 2.75) is 29.9 Å². The Kier molecular flexibility index (Phi) is 3.15. The molecule has 0 amide bonds. The average molecular weight is 263 g/mol. The summed E-state index contributed by atoms with van der Waals surface area (Å²) in [5, 5.41) is 9.02. The topological polar surface area (TPSA) is 66.4 Å². The molecule has 1 fully saturated rings. The second-order valence-corrected chi connectivity index (χ2v) is 5.70. The summed E-state index contributed by atoms with van der Waals surface area (Å²) < 4.78 is 51.6. The molecule has 0 aromatic heterocycles. The maximum atomic E-state index is 13.3. The molecule has 1 saturated carbocycles. The van der Waals surface area contributed by atoms with Gasteiger partial charge in [0, 0.05) is 12.1 Å². The molecule has 0 saturated heterocycles. The third-order valence-corrected chi connectivity index (χ3v) is 4.17. The molecule has 0 unspecified atom stereocenters. The summed E-state index contributed by atoms with van der Waals surface area (Å²) >= 11 is 0. The van der Waals surface area contributed by atoms with Crippen molar-refractivity contribution in [1.29, 1.82) is 0 Å². The lowest BCUT2D eigenvalue weighted by atomic mass is 9.91. The number of hydrogen-bond acceptors (Lipinski definition) is 3. The Labute approximate surface area is 97.3 Å². The van der Waals surface area contributed by atoms with Crippen molar-refractivity contribution < 1.29 is 22.3 Å². The second-order valence-electron chi connectivity index (χ2n) is 4.02. The Hall–Kier alpha value is -1.05. The number of sulfonamides is 1. The van der Waals surface area contributed by atoms with Crippen molar-refractivity contribution in [2.24, 2.45) is 0 Å². The molecule has 1 aliphatic carbocycles. The van der Waals surface area contributed by atoms with Crippen LogP contribution in [0.15, 0.2) is 23.1 Å². The third kappa shape index (κ3) is 2.62. The molecule has 2 N–H and O–H groups in total. The summed E-state index contributed by atoms with van der Waals surface area (Å²) in [4.78, 5) is -0.583. The zero-order chi connectivity index (χ0) is 12.6. The van der Waals surface area contributed by atoms with Crippen molar-refractivity contribution in [3.8, 4) is 0 Å². The van der Waals surface area contributed by atoms with Crippen molar-refractivity contribution in [3.05, 3.63) is 29.8 Å². The Morgan fingerprint density at radius 3 is 2.47 bits per heavy atom.